The van der Waals surface area contributed by atoms with Gasteiger partial charge in [-0.2, -0.15) is 0 Å². The van der Waals surface area contributed by atoms with Crippen molar-refractivity contribution in [1.29, 1.82) is 0 Å². The zero-order chi connectivity index (χ0) is 26.5. The number of fused-ring (bicyclic) bond motifs is 1. The van der Waals surface area contributed by atoms with Crippen LogP contribution in [0.25, 0.3) is 28.1 Å². The van der Waals surface area contributed by atoms with Crippen LogP contribution in [0.4, 0.5) is 0 Å². The number of pyridine rings is 1. The van der Waals surface area contributed by atoms with E-state index in [-0.39, 0.29) is 5.56 Å². The summed E-state index contributed by atoms with van der Waals surface area (Å²) in [5, 5.41) is 11.0. The molecular weight excluding hydrogens is 474 g/mol. The van der Waals surface area contributed by atoms with Gasteiger partial charge in [0.1, 0.15) is 5.82 Å². The molecule has 0 saturated carbocycles. The van der Waals surface area contributed by atoms with E-state index in [1.807, 2.05) is 23.9 Å². The van der Waals surface area contributed by atoms with Crippen molar-refractivity contribution in [2.24, 2.45) is 7.05 Å². The van der Waals surface area contributed by atoms with E-state index in [4.69, 9.17) is 23.9 Å². The minimum atomic E-state index is -1.10. The van der Waals surface area contributed by atoms with Crippen LogP contribution in [0.15, 0.2) is 48.8 Å². The van der Waals surface area contributed by atoms with E-state index in [1.54, 1.807) is 56.8 Å². The molecule has 0 aliphatic rings. The first-order chi connectivity index (χ1) is 17.9. The molecule has 192 valence electrons. The lowest BCUT2D eigenvalue weighted by Gasteiger charge is -2.17. The fraction of sp³-hybridized carbons (Fsp3) is 0.250. The Hall–Kier alpha value is -4.53. The number of nitrogens with zero attached hydrogens (tertiary/aromatic N) is 3. The molecule has 2 aromatic heterocycles. The molecule has 9 nitrogen and oxygen atoms in total. The van der Waals surface area contributed by atoms with Crippen LogP contribution >= 0.6 is 0 Å². The van der Waals surface area contributed by atoms with E-state index in [2.05, 4.69) is 4.98 Å². The van der Waals surface area contributed by atoms with Gasteiger partial charge in [-0.15, -0.1) is 0 Å². The Morgan fingerprint density at radius 1 is 0.973 bits per heavy atom. The van der Waals surface area contributed by atoms with E-state index >= 15 is 0 Å². The Balaban J connectivity index is 1.93. The zero-order valence-corrected chi connectivity index (χ0v) is 21.4. The van der Waals surface area contributed by atoms with Gasteiger partial charge in [0.05, 0.1) is 45.2 Å². The Morgan fingerprint density at radius 3 is 2.27 bits per heavy atom. The maximum Gasteiger partial charge on any atom is 0.338 e. The van der Waals surface area contributed by atoms with E-state index in [9.17, 15) is 9.90 Å². The first kappa shape index (κ1) is 25.6. The van der Waals surface area contributed by atoms with E-state index in [1.165, 1.54) is 14.2 Å². The SMILES string of the molecule is COc1ccc(-c2c(C(=O)O)c(/C=C\CCc3nccn3C)nc3cc(OC)c(OC)cc23)cc1OC. The first-order valence-corrected chi connectivity index (χ1v) is 11.6. The molecule has 0 atom stereocenters. The van der Waals surface area contributed by atoms with Gasteiger partial charge < -0.3 is 28.6 Å². The molecule has 0 fully saturated rings. The molecule has 0 aliphatic carbocycles. The minimum Gasteiger partial charge on any atom is -0.493 e. The number of methoxy groups -OCH3 is 4. The highest BCUT2D eigenvalue weighted by Gasteiger charge is 2.23. The van der Waals surface area contributed by atoms with Crippen LogP contribution in [0.2, 0.25) is 0 Å². The molecule has 2 heterocycles. The summed E-state index contributed by atoms with van der Waals surface area (Å²) in [6.07, 6.45) is 8.68. The number of carbonyl (C=O) groups is 1. The van der Waals surface area contributed by atoms with Gasteiger partial charge in [0, 0.05) is 42.9 Å². The molecular formula is C28H29N3O6. The predicted molar refractivity (Wildman–Crippen MR) is 141 cm³/mol. The number of rotatable bonds is 10. The third-order valence-corrected chi connectivity index (χ3v) is 6.14. The van der Waals surface area contributed by atoms with Crippen molar-refractivity contribution in [3.05, 3.63) is 65.9 Å². The van der Waals surface area contributed by atoms with Gasteiger partial charge in [-0.05, 0) is 36.3 Å². The van der Waals surface area contributed by atoms with Gasteiger partial charge in [0.25, 0.3) is 0 Å². The van der Waals surface area contributed by atoms with Crippen molar-refractivity contribution >= 4 is 22.9 Å². The molecule has 0 bridgehead atoms. The molecule has 0 amide bonds. The number of ether oxygens (including phenoxy) is 4. The highest BCUT2D eigenvalue weighted by molar-refractivity contribution is 6.09. The fourth-order valence-electron chi connectivity index (χ4n) is 4.28. The van der Waals surface area contributed by atoms with Crippen molar-refractivity contribution in [1.82, 2.24) is 14.5 Å². The van der Waals surface area contributed by atoms with E-state index < -0.39 is 5.97 Å². The third-order valence-electron chi connectivity index (χ3n) is 6.14. The standard InChI is InChI=1S/C28H29N3O6/c1-31-13-12-29-25(31)9-7-6-8-19-27(28(32)33)26(17-10-11-21(34-2)22(14-17)35-3)18-15-23(36-4)24(37-5)16-20(18)30-19/h6,8,10-16H,7,9H2,1-5H3,(H,32,33)/b8-6-. The number of aromatic nitrogens is 3. The number of allylic oxidation sites excluding steroid dienone is 1. The number of aryl methyl sites for hydroxylation is 2. The number of carboxylic acids is 1. The molecule has 0 unspecified atom stereocenters. The van der Waals surface area contributed by atoms with Crippen LogP contribution in [0.5, 0.6) is 23.0 Å². The van der Waals surface area contributed by atoms with Crippen molar-refractivity contribution in [3.63, 3.8) is 0 Å². The van der Waals surface area contributed by atoms with Crippen molar-refractivity contribution in [2.75, 3.05) is 28.4 Å². The topological polar surface area (TPSA) is 105 Å². The van der Waals surface area contributed by atoms with Crippen LogP contribution in [0.3, 0.4) is 0 Å². The van der Waals surface area contributed by atoms with Crippen molar-refractivity contribution in [3.8, 4) is 34.1 Å². The normalized spacial score (nSPS) is 11.2. The van der Waals surface area contributed by atoms with Gasteiger partial charge >= 0.3 is 5.97 Å². The second-order valence-electron chi connectivity index (χ2n) is 8.24. The summed E-state index contributed by atoms with van der Waals surface area (Å²) in [5.74, 6) is 1.82. The Morgan fingerprint density at radius 2 is 1.65 bits per heavy atom. The Kier molecular flexibility index (Phi) is 7.62. The molecule has 0 saturated heterocycles. The summed E-state index contributed by atoms with van der Waals surface area (Å²) in [7, 11) is 8.10. The van der Waals surface area contributed by atoms with Gasteiger partial charge in [0.2, 0.25) is 0 Å². The summed E-state index contributed by atoms with van der Waals surface area (Å²) >= 11 is 0. The quantitative estimate of drug-likeness (QED) is 0.322. The summed E-state index contributed by atoms with van der Waals surface area (Å²) < 4.78 is 23.8. The Bertz CT molecular complexity index is 1470. The van der Waals surface area contributed by atoms with Gasteiger partial charge in [-0.25, -0.2) is 14.8 Å². The molecule has 2 aromatic carbocycles. The molecule has 0 aliphatic heterocycles. The molecule has 37 heavy (non-hydrogen) atoms. The largest absolute Gasteiger partial charge is 0.493 e. The number of hydrogen-bond acceptors (Lipinski definition) is 7. The second kappa shape index (κ2) is 11.0. The summed E-state index contributed by atoms with van der Waals surface area (Å²) in [5.41, 5.74) is 2.09. The van der Waals surface area contributed by atoms with Gasteiger partial charge in [0.15, 0.2) is 23.0 Å². The fourth-order valence-corrected chi connectivity index (χ4v) is 4.28. The summed E-state index contributed by atoms with van der Waals surface area (Å²) in [4.78, 5) is 21.7. The zero-order valence-electron chi connectivity index (χ0n) is 21.4. The minimum absolute atomic E-state index is 0.0696. The Labute approximate surface area is 214 Å². The average Bonchev–Trinajstić information content (AvgIpc) is 3.33. The lowest BCUT2D eigenvalue weighted by Crippen LogP contribution is -2.07. The molecule has 9 heteroatoms. The monoisotopic (exact) mass is 503 g/mol. The van der Waals surface area contributed by atoms with Gasteiger partial charge in [-0.1, -0.05) is 12.1 Å². The van der Waals surface area contributed by atoms with Crippen molar-refractivity contribution < 1.29 is 28.8 Å². The molecule has 1 N–H and O–H groups in total. The number of carboxylic acid groups (broad SMARTS) is 1. The molecule has 0 spiro atoms. The van der Waals surface area contributed by atoms with E-state index in [0.717, 1.165) is 5.82 Å². The van der Waals surface area contributed by atoms with Crippen molar-refractivity contribution in [2.45, 2.75) is 12.8 Å². The number of benzene rings is 2. The number of hydrogen-bond donors (Lipinski definition) is 1. The lowest BCUT2D eigenvalue weighted by atomic mass is 9.93. The summed E-state index contributed by atoms with van der Waals surface area (Å²) in [6, 6.07) is 8.79. The third kappa shape index (κ3) is 5.06. The predicted octanol–water partition coefficient (Wildman–Crippen LogP) is 5.01. The van der Waals surface area contributed by atoms with Crippen LogP contribution in [0.1, 0.15) is 28.3 Å². The molecule has 0 radical (unpaired) electrons. The van der Waals surface area contributed by atoms with Crippen LogP contribution in [-0.2, 0) is 13.5 Å². The maximum atomic E-state index is 12.7. The number of aromatic carboxylic acids is 1. The second-order valence-corrected chi connectivity index (χ2v) is 8.24. The van der Waals surface area contributed by atoms with E-state index in [0.29, 0.717) is 63.6 Å². The molecule has 4 aromatic rings. The average molecular weight is 504 g/mol. The van der Waals surface area contributed by atoms with Crippen LogP contribution < -0.4 is 18.9 Å². The maximum absolute atomic E-state index is 12.7. The highest BCUT2D eigenvalue weighted by atomic mass is 16.5. The molecule has 4 rings (SSSR count). The highest BCUT2D eigenvalue weighted by Crippen LogP contribution is 2.41. The first-order valence-electron chi connectivity index (χ1n) is 11.6. The van der Waals surface area contributed by atoms with Gasteiger partial charge in [-0.3, -0.25) is 0 Å². The van der Waals surface area contributed by atoms with Crippen LogP contribution in [-0.4, -0.2) is 54.1 Å². The summed E-state index contributed by atoms with van der Waals surface area (Å²) in [6.45, 7) is 0. The smallest absolute Gasteiger partial charge is 0.338 e. The lowest BCUT2D eigenvalue weighted by molar-refractivity contribution is 0.0697. The number of imidazole rings is 1. The van der Waals surface area contributed by atoms with Crippen LogP contribution in [0, 0.1) is 0 Å².